The molecule has 0 aromatic rings. The van der Waals surface area contributed by atoms with E-state index in [0.29, 0.717) is 0 Å². The lowest BCUT2D eigenvalue weighted by Gasteiger charge is -2.45. The van der Waals surface area contributed by atoms with Crippen molar-refractivity contribution in [3.8, 4) is 0 Å². The molecule has 8 unspecified atom stereocenters. The van der Waals surface area contributed by atoms with Crippen molar-refractivity contribution in [1.82, 2.24) is 0 Å². The van der Waals surface area contributed by atoms with Crippen molar-refractivity contribution in [1.29, 1.82) is 0 Å². The quantitative estimate of drug-likeness (QED) is 0.229. The van der Waals surface area contributed by atoms with Gasteiger partial charge in [0.2, 0.25) is 0 Å². The van der Waals surface area contributed by atoms with E-state index in [4.69, 9.17) is 14.2 Å². The fraction of sp³-hybridized carbons (Fsp3) is 1.00. The smallest absolute Gasteiger partial charge is 0.187 e. The van der Waals surface area contributed by atoms with Gasteiger partial charge in [-0.25, -0.2) is 0 Å². The van der Waals surface area contributed by atoms with Crippen molar-refractivity contribution in [2.45, 2.75) is 61.4 Å². The van der Waals surface area contributed by atoms with E-state index in [0.717, 1.165) is 0 Å². The van der Waals surface area contributed by atoms with Gasteiger partial charge in [0.25, 0.3) is 0 Å². The third-order valence-electron chi connectivity index (χ3n) is 3.98. The Morgan fingerprint density at radius 2 is 1.43 bits per heavy atom. The minimum absolute atomic E-state index is 0.0271. The van der Waals surface area contributed by atoms with Crippen molar-refractivity contribution in [3.05, 3.63) is 0 Å². The van der Waals surface area contributed by atoms with Crippen LogP contribution in [0.1, 0.15) is 0 Å². The minimum Gasteiger partial charge on any atom is -0.394 e. The van der Waals surface area contributed by atoms with E-state index in [1.165, 1.54) is 0 Å². The van der Waals surface area contributed by atoms with Gasteiger partial charge in [-0.3, -0.25) is 0 Å². The SMILES string of the molecule is OCC1OC(O)C(O)[C@@H](O)[C@@H]1OC1OC(CS)C(O)C(O)C1O. The van der Waals surface area contributed by atoms with Crippen LogP contribution in [0.2, 0.25) is 0 Å². The van der Waals surface area contributed by atoms with Gasteiger partial charge in [-0.05, 0) is 0 Å². The number of hydrogen-bond acceptors (Lipinski definition) is 11. The highest BCUT2D eigenvalue weighted by Crippen LogP contribution is 2.28. The number of thiol groups is 1. The zero-order chi connectivity index (χ0) is 17.3. The van der Waals surface area contributed by atoms with Crippen LogP contribution in [0.25, 0.3) is 0 Å². The van der Waals surface area contributed by atoms with Gasteiger partial charge in [0.15, 0.2) is 12.6 Å². The molecule has 2 saturated heterocycles. The lowest BCUT2D eigenvalue weighted by molar-refractivity contribution is -0.351. The molecule has 136 valence electrons. The summed E-state index contributed by atoms with van der Waals surface area (Å²) in [6.45, 7) is -0.643. The Labute approximate surface area is 137 Å². The highest BCUT2D eigenvalue weighted by Gasteiger charge is 2.49. The Bertz CT molecular complexity index is 383. The predicted octanol–water partition coefficient (Wildman–Crippen LogP) is -4.46. The monoisotopic (exact) mass is 358 g/mol. The van der Waals surface area contributed by atoms with Crippen LogP contribution in [-0.2, 0) is 14.2 Å². The highest BCUT2D eigenvalue weighted by molar-refractivity contribution is 7.80. The zero-order valence-corrected chi connectivity index (χ0v) is 12.9. The lowest BCUT2D eigenvalue weighted by Crippen LogP contribution is -2.64. The summed E-state index contributed by atoms with van der Waals surface area (Å²) < 4.78 is 15.5. The largest absolute Gasteiger partial charge is 0.394 e. The van der Waals surface area contributed by atoms with E-state index in [9.17, 15) is 35.7 Å². The van der Waals surface area contributed by atoms with Gasteiger partial charge in [0.1, 0.15) is 42.7 Å². The van der Waals surface area contributed by atoms with Gasteiger partial charge >= 0.3 is 0 Å². The molecular weight excluding hydrogens is 336 g/mol. The molecule has 10 nitrogen and oxygen atoms in total. The normalized spacial score (nSPS) is 51.7. The molecule has 7 N–H and O–H groups in total. The minimum atomic E-state index is -1.71. The number of aliphatic hydroxyl groups excluding tert-OH is 7. The van der Waals surface area contributed by atoms with Crippen LogP contribution in [-0.4, -0.2) is 110 Å². The van der Waals surface area contributed by atoms with E-state index in [1.54, 1.807) is 0 Å². The first-order valence-electron chi connectivity index (χ1n) is 7.08. The van der Waals surface area contributed by atoms with Gasteiger partial charge in [-0.2, -0.15) is 12.6 Å². The first-order chi connectivity index (χ1) is 10.8. The first kappa shape index (κ1) is 19.3. The van der Waals surface area contributed by atoms with Crippen LogP contribution < -0.4 is 0 Å². The van der Waals surface area contributed by atoms with Crippen molar-refractivity contribution in [3.63, 3.8) is 0 Å². The third-order valence-corrected chi connectivity index (χ3v) is 4.34. The molecule has 0 saturated carbocycles. The van der Waals surface area contributed by atoms with Gasteiger partial charge in [-0.1, -0.05) is 0 Å². The molecule has 11 heteroatoms. The fourth-order valence-corrected chi connectivity index (χ4v) is 2.87. The first-order valence-corrected chi connectivity index (χ1v) is 7.71. The molecular formula is C12H22O10S. The van der Waals surface area contributed by atoms with Crippen LogP contribution in [0.3, 0.4) is 0 Å². The van der Waals surface area contributed by atoms with Crippen LogP contribution in [0.15, 0.2) is 0 Å². The van der Waals surface area contributed by atoms with Crippen LogP contribution in [0, 0.1) is 0 Å². The molecule has 0 amide bonds. The van der Waals surface area contributed by atoms with Gasteiger partial charge in [0.05, 0.1) is 12.7 Å². The lowest BCUT2D eigenvalue weighted by atomic mass is 9.97. The van der Waals surface area contributed by atoms with E-state index in [-0.39, 0.29) is 5.75 Å². The molecule has 2 aliphatic rings. The Balaban J connectivity index is 2.11. The summed E-state index contributed by atoms with van der Waals surface area (Å²) in [6.07, 6.45) is -14.6. The van der Waals surface area contributed by atoms with Crippen molar-refractivity contribution < 1.29 is 50.0 Å². The molecule has 2 rings (SSSR count). The second-order valence-corrected chi connectivity index (χ2v) is 5.89. The van der Waals surface area contributed by atoms with Crippen molar-refractivity contribution in [2.24, 2.45) is 0 Å². The van der Waals surface area contributed by atoms with Gasteiger partial charge in [0, 0.05) is 5.75 Å². The molecule has 2 heterocycles. The summed E-state index contributed by atoms with van der Waals surface area (Å²) >= 11 is 3.96. The standard InChI is InChI=1S/C12H22O10S/c13-1-3-10(7(16)8(17)11(19)20-3)22-12-9(18)6(15)5(14)4(2-23)21-12/h3-19,23H,1-2H2/t3?,4?,5?,6?,7-,8?,9?,10-,11?,12?/m1/s1. The summed E-state index contributed by atoms with van der Waals surface area (Å²) in [4.78, 5) is 0. The number of aliphatic hydroxyl groups is 7. The van der Waals surface area contributed by atoms with E-state index < -0.39 is 68.0 Å². The molecule has 0 bridgehead atoms. The molecule has 2 fully saturated rings. The fourth-order valence-electron chi connectivity index (χ4n) is 2.57. The second-order valence-electron chi connectivity index (χ2n) is 5.53. The van der Waals surface area contributed by atoms with Gasteiger partial charge < -0.3 is 50.0 Å². The van der Waals surface area contributed by atoms with Crippen LogP contribution in [0.5, 0.6) is 0 Å². The number of ether oxygens (including phenoxy) is 3. The molecule has 23 heavy (non-hydrogen) atoms. The average molecular weight is 358 g/mol. The van der Waals surface area contributed by atoms with E-state index >= 15 is 0 Å². The summed E-state index contributed by atoms with van der Waals surface area (Å²) in [5.41, 5.74) is 0. The third kappa shape index (κ3) is 3.80. The summed E-state index contributed by atoms with van der Waals surface area (Å²) in [7, 11) is 0. The van der Waals surface area contributed by atoms with Crippen LogP contribution in [0.4, 0.5) is 0 Å². The van der Waals surface area contributed by atoms with E-state index in [1.807, 2.05) is 0 Å². The van der Waals surface area contributed by atoms with Crippen LogP contribution >= 0.6 is 12.6 Å². The van der Waals surface area contributed by atoms with Crippen molar-refractivity contribution in [2.75, 3.05) is 12.4 Å². The molecule has 10 atom stereocenters. The maximum Gasteiger partial charge on any atom is 0.187 e. The number of hydrogen-bond donors (Lipinski definition) is 8. The Hall–Kier alpha value is -0.0500. The predicted molar refractivity (Wildman–Crippen MR) is 75.4 cm³/mol. The number of rotatable bonds is 4. The van der Waals surface area contributed by atoms with Gasteiger partial charge in [-0.15, -0.1) is 0 Å². The Morgan fingerprint density at radius 3 is 2.00 bits per heavy atom. The Kier molecular flexibility index (Phi) is 6.61. The topological polar surface area (TPSA) is 169 Å². The molecule has 0 aromatic heterocycles. The molecule has 0 spiro atoms. The van der Waals surface area contributed by atoms with Crippen molar-refractivity contribution >= 4 is 12.6 Å². The summed E-state index contributed by atoms with van der Waals surface area (Å²) in [5.74, 6) is 0.0271. The second kappa shape index (κ2) is 7.89. The summed E-state index contributed by atoms with van der Waals surface area (Å²) in [5, 5.41) is 67.7. The highest BCUT2D eigenvalue weighted by atomic mass is 32.1. The molecule has 2 aliphatic heterocycles. The Morgan fingerprint density at radius 1 is 0.783 bits per heavy atom. The van der Waals surface area contributed by atoms with E-state index in [2.05, 4.69) is 12.6 Å². The summed E-state index contributed by atoms with van der Waals surface area (Å²) in [6, 6.07) is 0. The molecule has 0 aromatic carbocycles. The average Bonchev–Trinajstić information content (AvgIpc) is 2.55. The molecule has 0 radical (unpaired) electrons. The maximum absolute atomic E-state index is 9.98. The zero-order valence-electron chi connectivity index (χ0n) is 12.0. The molecule has 0 aliphatic carbocycles. The maximum atomic E-state index is 9.98.